The van der Waals surface area contributed by atoms with Gasteiger partial charge in [0, 0.05) is 13.1 Å². The van der Waals surface area contributed by atoms with Crippen LogP contribution in [-0.2, 0) is 19.5 Å². The SMILES string of the molecule is CCOC(=O)c1ccc(C2(O[Si](C)(C)C)CCN(C(O)OC(C)(C)C)CC2)cc1F. The molecular weight excluding hydrogens is 405 g/mol. The third-order valence-corrected chi connectivity index (χ3v) is 5.87. The lowest BCUT2D eigenvalue weighted by Crippen LogP contribution is -2.52. The minimum absolute atomic E-state index is 0.0739. The third kappa shape index (κ3) is 6.59. The Hall–Kier alpha value is -1.32. The monoisotopic (exact) mass is 441 g/mol. The first-order valence-electron chi connectivity index (χ1n) is 10.5. The molecular formula is C22H36FNO5Si. The van der Waals surface area contributed by atoms with Crippen LogP contribution in [0.25, 0.3) is 0 Å². The zero-order valence-electron chi connectivity index (χ0n) is 19.3. The number of ether oxygens (including phenoxy) is 2. The molecule has 0 spiro atoms. The number of carbonyl (C=O) groups excluding carboxylic acids is 1. The summed E-state index contributed by atoms with van der Waals surface area (Å²) >= 11 is 0. The van der Waals surface area contributed by atoms with E-state index in [-0.39, 0.29) is 12.2 Å². The number of carbonyl (C=O) groups is 1. The Labute approximate surface area is 180 Å². The molecule has 1 saturated heterocycles. The van der Waals surface area contributed by atoms with E-state index in [9.17, 15) is 14.3 Å². The van der Waals surface area contributed by atoms with E-state index in [0.29, 0.717) is 31.5 Å². The van der Waals surface area contributed by atoms with Crippen LogP contribution >= 0.6 is 0 Å². The van der Waals surface area contributed by atoms with Gasteiger partial charge in [-0.2, -0.15) is 0 Å². The highest BCUT2D eigenvalue weighted by Gasteiger charge is 2.42. The molecule has 1 atom stereocenters. The molecule has 0 aromatic heterocycles. The maximum absolute atomic E-state index is 14.8. The van der Waals surface area contributed by atoms with Crippen LogP contribution in [0.4, 0.5) is 4.39 Å². The number of hydrogen-bond donors (Lipinski definition) is 1. The molecule has 1 fully saturated rings. The Bertz CT molecular complexity index is 736. The van der Waals surface area contributed by atoms with Gasteiger partial charge in [-0.05, 0) is 77.9 Å². The normalized spacial score (nSPS) is 18.8. The highest BCUT2D eigenvalue weighted by atomic mass is 28.4. The van der Waals surface area contributed by atoms with Crippen LogP contribution in [0.5, 0.6) is 0 Å². The largest absolute Gasteiger partial charge is 0.462 e. The predicted octanol–water partition coefficient (Wildman–Crippen LogP) is 4.24. The maximum Gasteiger partial charge on any atom is 0.341 e. The smallest absolute Gasteiger partial charge is 0.341 e. The molecule has 0 bridgehead atoms. The number of aliphatic hydroxyl groups excluding tert-OH is 1. The zero-order chi connectivity index (χ0) is 22.7. The second-order valence-corrected chi connectivity index (χ2v) is 14.1. The molecule has 6 nitrogen and oxygen atoms in total. The van der Waals surface area contributed by atoms with Gasteiger partial charge >= 0.3 is 5.97 Å². The summed E-state index contributed by atoms with van der Waals surface area (Å²) in [4.78, 5) is 13.8. The van der Waals surface area contributed by atoms with Gasteiger partial charge in [0.05, 0.1) is 23.4 Å². The van der Waals surface area contributed by atoms with E-state index in [1.807, 2.05) is 25.7 Å². The quantitative estimate of drug-likeness (QED) is 0.388. The van der Waals surface area contributed by atoms with Crippen molar-refractivity contribution in [3.8, 4) is 0 Å². The molecule has 1 N–H and O–H groups in total. The lowest BCUT2D eigenvalue weighted by atomic mass is 9.84. The summed E-state index contributed by atoms with van der Waals surface area (Å²) in [7, 11) is -1.98. The van der Waals surface area contributed by atoms with Crippen molar-refractivity contribution in [2.45, 2.75) is 77.8 Å². The van der Waals surface area contributed by atoms with Crippen molar-refractivity contribution in [3.63, 3.8) is 0 Å². The van der Waals surface area contributed by atoms with Gasteiger partial charge in [0.2, 0.25) is 6.41 Å². The van der Waals surface area contributed by atoms with E-state index >= 15 is 0 Å². The van der Waals surface area contributed by atoms with Gasteiger partial charge in [0.25, 0.3) is 0 Å². The lowest BCUT2D eigenvalue weighted by molar-refractivity contribution is -0.248. The first-order chi connectivity index (χ1) is 13.8. The summed E-state index contributed by atoms with van der Waals surface area (Å²) in [6.07, 6.45) is 0.165. The number of esters is 1. The average Bonchev–Trinajstić information content (AvgIpc) is 2.59. The van der Waals surface area contributed by atoms with E-state index < -0.39 is 37.7 Å². The minimum atomic E-state index is -1.98. The van der Waals surface area contributed by atoms with E-state index in [4.69, 9.17) is 13.9 Å². The first-order valence-corrected chi connectivity index (χ1v) is 13.9. The average molecular weight is 442 g/mol. The number of halogens is 1. The van der Waals surface area contributed by atoms with E-state index in [0.717, 1.165) is 0 Å². The topological polar surface area (TPSA) is 68.2 Å². The summed E-state index contributed by atoms with van der Waals surface area (Å²) in [5, 5.41) is 10.4. The van der Waals surface area contributed by atoms with Crippen LogP contribution in [0.3, 0.4) is 0 Å². The molecule has 0 saturated carbocycles. The molecule has 1 unspecified atom stereocenters. The van der Waals surface area contributed by atoms with Gasteiger partial charge in [-0.25, -0.2) is 9.18 Å². The number of piperidine rings is 1. The molecule has 170 valence electrons. The molecule has 0 radical (unpaired) electrons. The van der Waals surface area contributed by atoms with Gasteiger partial charge in [-0.3, -0.25) is 4.90 Å². The second kappa shape index (κ2) is 9.44. The van der Waals surface area contributed by atoms with Crippen LogP contribution in [0.15, 0.2) is 18.2 Å². The van der Waals surface area contributed by atoms with Crippen molar-refractivity contribution in [1.29, 1.82) is 0 Å². The molecule has 1 heterocycles. The van der Waals surface area contributed by atoms with Crippen LogP contribution < -0.4 is 0 Å². The maximum atomic E-state index is 14.8. The van der Waals surface area contributed by atoms with Crippen molar-refractivity contribution in [3.05, 3.63) is 35.1 Å². The summed E-state index contributed by atoms with van der Waals surface area (Å²) in [5.74, 6) is -1.28. The molecule has 2 rings (SSSR count). The molecule has 1 aliphatic rings. The number of aliphatic hydroxyl groups is 1. The number of rotatable bonds is 7. The van der Waals surface area contributed by atoms with Gasteiger partial charge in [0.15, 0.2) is 8.32 Å². The molecule has 1 aromatic rings. The van der Waals surface area contributed by atoms with Crippen molar-refractivity contribution in [2.75, 3.05) is 19.7 Å². The van der Waals surface area contributed by atoms with Crippen molar-refractivity contribution >= 4 is 14.3 Å². The Morgan fingerprint density at radius 1 is 1.27 bits per heavy atom. The Kier molecular flexibility index (Phi) is 7.85. The molecule has 8 heteroatoms. The molecule has 30 heavy (non-hydrogen) atoms. The van der Waals surface area contributed by atoms with Crippen molar-refractivity contribution in [1.82, 2.24) is 4.90 Å². The molecule has 0 amide bonds. The minimum Gasteiger partial charge on any atom is -0.462 e. The summed E-state index contributed by atoms with van der Waals surface area (Å²) in [6, 6.07) is 4.62. The predicted molar refractivity (Wildman–Crippen MR) is 116 cm³/mol. The first kappa shape index (κ1) is 24.9. The lowest BCUT2D eigenvalue weighted by Gasteiger charge is -2.46. The van der Waals surface area contributed by atoms with Crippen LogP contribution in [0, 0.1) is 5.82 Å². The van der Waals surface area contributed by atoms with Gasteiger partial charge in [-0.15, -0.1) is 0 Å². The fourth-order valence-corrected chi connectivity index (χ4v) is 5.20. The highest BCUT2D eigenvalue weighted by Crippen LogP contribution is 2.40. The second-order valence-electron chi connectivity index (χ2n) is 9.72. The number of likely N-dealkylation sites (tertiary alicyclic amines) is 1. The zero-order valence-corrected chi connectivity index (χ0v) is 20.3. The number of benzene rings is 1. The van der Waals surface area contributed by atoms with Crippen molar-refractivity contribution in [2.24, 2.45) is 0 Å². The molecule has 0 aliphatic carbocycles. The summed E-state index contributed by atoms with van der Waals surface area (Å²) in [6.45, 7) is 15.0. The summed E-state index contributed by atoms with van der Waals surface area (Å²) < 4.78 is 32.0. The Balaban J connectivity index is 2.27. The van der Waals surface area contributed by atoms with Crippen LogP contribution in [0.2, 0.25) is 19.6 Å². The molecule has 1 aliphatic heterocycles. The standard InChI is InChI=1S/C22H36FNO5Si/c1-8-27-19(25)17-10-9-16(15-18(17)23)22(29-30(5,6)7)11-13-24(14-12-22)20(26)28-21(2,3)4/h9-10,15,20,26H,8,11-14H2,1-7H3. The van der Waals surface area contributed by atoms with E-state index in [1.165, 1.54) is 12.1 Å². The van der Waals surface area contributed by atoms with Gasteiger partial charge < -0.3 is 19.0 Å². The third-order valence-electron chi connectivity index (χ3n) is 4.87. The Morgan fingerprint density at radius 3 is 2.33 bits per heavy atom. The fourth-order valence-electron chi connectivity index (χ4n) is 3.71. The summed E-state index contributed by atoms with van der Waals surface area (Å²) in [5.41, 5.74) is -0.498. The van der Waals surface area contributed by atoms with E-state index in [2.05, 4.69) is 19.6 Å². The van der Waals surface area contributed by atoms with Crippen LogP contribution in [-0.4, -0.2) is 56.0 Å². The molecule has 1 aromatic carbocycles. The van der Waals surface area contributed by atoms with Gasteiger partial charge in [0.1, 0.15) is 5.82 Å². The Morgan fingerprint density at radius 2 is 1.87 bits per heavy atom. The van der Waals surface area contributed by atoms with Crippen molar-refractivity contribution < 1.29 is 28.2 Å². The fraction of sp³-hybridized carbons (Fsp3) is 0.682. The van der Waals surface area contributed by atoms with Crippen LogP contribution in [0.1, 0.15) is 56.5 Å². The number of nitrogens with zero attached hydrogens (tertiary/aromatic N) is 1. The van der Waals surface area contributed by atoms with Gasteiger partial charge in [-0.1, -0.05) is 6.07 Å². The highest BCUT2D eigenvalue weighted by molar-refractivity contribution is 6.69. The van der Waals surface area contributed by atoms with E-state index in [1.54, 1.807) is 13.0 Å². The number of hydrogen-bond acceptors (Lipinski definition) is 6.